The molecule has 2 aromatic carbocycles. The van der Waals surface area contributed by atoms with Crippen molar-refractivity contribution in [2.24, 2.45) is 0 Å². The number of carbonyl (C=O) groups is 1. The van der Waals surface area contributed by atoms with Crippen LogP contribution in [0.5, 0.6) is 0 Å². The van der Waals surface area contributed by atoms with Crippen molar-refractivity contribution in [1.29, 1.82) is 0 Å². The highest BCUT2D eigenvalue weighted by Gasteiger charge is 2.35. The molecule has 0 radical (unpaired) electrons. The summed E-state index contributed by atoms with van der Waals surface area (Å²) in [6.07, 6.45) is 0.526. The van der Waals surface area contributed by atoms with E-state index in [4.69, 9.17) is 0 Å². The van der Waals surface area contributed by atoms with E-state index in [9.17, 15) is 15.0 Å². The van der Waals surface area contributed by atoms with Crippen molar-refractivity contribution in [3.05, 3.63) is 71.9 Å². The molecule has 1 aliphatic rings. The van der Waals surface area contributed by atoms with E-state index in [0.29, 0.717) is 12.1 Å². The third-order valence-electron chi connectivity index (χ3n) is 5.78. The van der Waals surface area contributed by atoms with Crippen molar-refractivity contribution >= 4 is 16.7 Å². The van der Waals surface area contributed by atoms with Gasteiger partial charge in [0.15, 0.2) is 5.78 Å². The van der Waals surface area contributed by atoms with Crippen LogP contribution in [0.4, 0.5) is 0 Å². The Hall–Kier alpha value is -2.51. The van der Waals surface area contributed by atoms with Crippen LogP contribution in [0.25, 0.3) is 10.9 Å². The smallest absolute Gasteiger partial charge is 0.195 e. The molecule has 3 N–H and O–H groups in total. The predicted molar refractivity (Wildman–Crippen MR) is 113 cm³/mol. The summed E-state index contributed by atoms with van der Waals surface area (Å²) in [5, 5.41) is 21.2. The number of aliphatic hydroxyl groups is 2. The number of rotatable bonds is 7. The van der Waals surface area contributed by atoms with Crippen LogP contribution >= 0.6 is 0 Å². The van der Waals surface area contributed by atoms with Crippen LogP contribution in [0.3, 0.4) is 0 Å². The molecule has 0 saturated carbocycles. The quantitative estimate of drug-likeness (QED) is 0.536. The van der Waals surface area contributed by atoms with Crippen molar-refractivity contribution in [2.45, 2.75) is 12.1 Å². The SMILES string of the molecule is O=C(c1c[nH]c2ccccc12)[C@H](O)[C@@H](c1ccccc1)N1CCN(CCO)CC1. The number of fused-ring (bicyclic) bond motifs is 1. The van der Waals surface area contributed by atoms with Gasteiger partial charge in [0.1, 0.15) is 6.10 Å². The van der Waals surface area contributed by atoms with E-state index >= 15 is 0 Å². The molecule has 2 atom stereocenters. The van der Waals surface area contributed by atoms with Crippen LogP contribution in [0.15, 0.2) is 60.8 Å². The summed E-state index contributed by atoms with van der Waals surface area (Å²) in [7, 11) is 0. The number of benzene rings is 2. The van der Waals surface area contributed by atoms with E-state index in [2.05, 4.69) is 14.8 Å². The molecule has 2 heterocycles. The molecular formula is C23H27N3O3. The number of carbonyl (C=O) groups excluding carboxylic acids is 1. The van der Waals surface area contributed by atoms with Crippen molar-refractivity contribution in [3.8, 4) is 0 Å². The van der Waals surface area contributed by atoms with E-state index in [0.717, 1.165) is 42.6 Å². The Morgan fingerprint density at radius 2 is 1.69 bits per heavy atom. The maximum absolute atomic E-state index is 13.3. The summed E-state index contributed by atoms with van der Waals surface area (Å²) >= 11 is 0. The number of aliphatic hydroxyl groups excluding tert-OH is 2. The molecule has 152 valence electrons. The van der Waals surface area contributed by atoms with Gasteiger partial charge in [0.25, 0.3) is 0 Å². The summed E-state index contributed by atoms with van der Waals surface area (Å²) in [5.41, 5.74) is 2.34. The second kappa shape index (κ2) is 8.88. The highest BCUT2D eigenvalue weighted by atomic mass is 16.3. The molecule has 0 bridgehead atoms. The zero-order chi connectivity index (χ0) is 20.2. The van der Waals surface area contributed by atoms with E-state index in [1.165, 1.54) is 0 Å². The first-order valence-corrected chi connectivity index (χ1v) is 10.1. The van der Waals surface area contributed by atoms with Gasteiger partial charge in [-0.25, -0.2) is 0 Å². The first-order chi connectivity index (χ1) is 14.2. The summed E-state index contributed by atoms with van der Waals surface area (Å²) < 4.78 is 0. The summed E-state index contributed by atoms with van der Waals surface area (Å²) in [6.45, 7) is 3.87. The number of hydrogen-bond acceptors (Lipinski definition) is 5. The van der Waals surface area contributed by atoms with Crippen LogP contribution in [0.1, 0.15) is 22.0 Å². The van der Waals surface area contributed by atoms with Crippen LogP contribution in [0, 0.1) is 0 Å². The number of nitrogens with zero attached hydrogens (tertiary/aromatic N) is 2. The fraction of sp³-hybridized carbons (Fsp3) is 0.348. The molecule has 6 nitrogen and oxygen atoms in total. The summed E-state index contributed by atoms with van der Waals surface area (Å²) in [5.74, 6) is -0.269. The van der Waals surface area contributed by atoms with Gasteiger partial charge < -0.3 is 15.2 Å². The minimum atomic E-state index is -1.17. The van der Waals surface area contributed by atoms with Crippen LogP contribution < -0.4 is 0 Å². The van der Waals surface area contributed by atoms with Gasteiger partial charge in [-0.15, -0.1) is 0 Å². The lowest BCUT2D eigenvalue weighted by molar-refractivity contribution is 0.0168. The normalized spacial score (nSPS) is 18.0. The number of para-hydroxylation sites is 1. The molecular weight excluding hydrogens is 366 g/mol. The van der Waals surface area contributed by atoms with Crippen molar-refractivity contribution < 1.29 is 15.0 Å². The lowest BCUT2D eigenvalue weighted by Gasteiger charge is -2.40. The largest absolute Gasteiger partial charge is 0.395 e. The van der Waals surface area contributed by atoms with Crippen molar-refractivity contribution in [1.82, 2.24) is 14.8 Å². The average Bonchev–Trinajstić information content (AvgIpc) is 3.20. The summed E-state index contributed by atoms with van der Waals surface area (Å²) in [6, 6.07) is 17.0. The number of β-amino-alcohol motifs (C(OH)–C–C–N with tert-alkyl or cyclic N) is 1. The lowest BCUT2D eigenvalue weighted by Crippen LogP contribution is -2.51. The van der Waals surface area contributed by atoms with Gasteiger partial charge in [-0.1, -0.05) is 48.5 Å². The van der Waals surface area contributed by atoms with Gasteiger partial charge >= 0.3 is 0 Å². The Morgan fingerprint density at radius 1 is 1.00 bits per heavy atom. The lowest BCUT2D eigenvalue weighted by atomic mass is 9.93. The Bertz CT molecular complexity index is 948. The maximum atomic E-state index is 13.3. The Morgan fingerprint density at radius 3 is 2.41 bits per heavy atom. The fourth-order valence-electron chi connectivity index (χ4n) is 4.23. The number of aromatic nitrogens is 1. The highest BCUT2D eigenvalue weighted by molar-refractivity contribution is 6.10. The molecule has 0 spiro atoms. The molecule has 0 aliphatic carbocycles. The number of aromatic amines is 1. The third-order valence-corrected chi connectivity index (χ3v) is 5.78. The van der Waals surface area contributed by atoms with Gasteiger partial charge in [-0.2, -0.15) is 0 Å². The van der Waals surface area contributed by atoms with Crippen molar-refractivity contribution in [2.75, 3.05) is 39.3 Å². The summed E-state index contributed by atoms with van der Waals surface area (Å²) in [4.78, 5) is 20.8. The number of ketones is 1. The standard InChI is InChI=1S/C23H27N3O3/c27-15-14-25-10-12-26(13-11-25)21(17-6-2-1-3-7-17)23(29)22(28)19-16-24-20-9-5-4-8-18(19)20/h1-9,16,21,23-24,27,29H,10-15H2/t21-,23-/m1/s1. The maximum Gasteiger partial charge on any atom is 0.195 e. The molecule has 0 amide bonds. The van der Waals surface area contributed by atoms with Gasteiger partial charge in [0, 0.05) is 55.4 Å². The Labute approximate surface area is 170 Å². The van der Waals surface area contributed by atoms with Crippen molar-refractivity contribution in [3.63, 3.8) is 0 Å². The van der Waals surface area contributed by atoms with Crippen LogP contribution in [-0.4, -0.2) is 76.2 Å². The van der Waals surface area contributed by atoms with Gasteiger partial charge in [-0.05, 0) is 11.6 Å². The molecule has 1 aliphatic heterocycles. The van der Waals surface area contributed by atoms with E-state index in [-0.39, 0.29) is 12.4 Å². The molecule has 3 aromatic rings. The predicted octanol–water partition coefficient (Wildman–Crippen LogP) is 2.06. The first-order valence-electron chi connectivity index (χ1n) is 10.1. The second-order valence-electron chi connectivity index (χ2n) is 7.51. The topological polar surface area (TPSA) is 79.8 Å². The van der Waals surface area contributed by atoms with E-state index in [1.54, 1.807) is 6.20 Å². The van der Waals surface area contributed by atoms with Gasteiger partial charge in [0.05, 0.1) is 12.6 Å². The molecule has 1 fully saturated rings. The molecule has 29 heavy (non-hydrogen) atoms. The number of Topliss-reactive ketones (excluding diaryl/α,β-unsaturated/α-hetero) is 1. The van der Waals surface area contributed by atoms with Gasteiger partial charge in [0.2, 0.25) is 0 Å². The van der Waals surface area contributed by atoms with E-state index < -0.39 is 12.1 Å². The van der Waals surface area contributed by atoms with Crippen LogP contribution in [0.2, 0.25) is 0 Å². The molecule has 6 heteroatoms. The average molecular weight is 393 g/mol. The minimum Gasteiger partial charge on any atom is -0.395 e. The second-order valence-corrected chi connectivity index (χ2v) is 7.51. The van der Waals surface area contributed by atoms with E-state index in [1.807, 2.05) is 54.6 Å². The number of nitrogens with one attached hydrogen (secondary N) is 1. The fourth-order valence-corrected chi connectivity index (χ4v) is 4.23. The molecule has 1 aromatic heterocycles. The zero-order valence-electron chi connectivity index (χ0n) is 16.4. The minimum absolute atomic E-state index is 0.143. The monoisotopic (exact) mass is 393 g/mol. The zero-order valence-corrected chi connectivity index (χ0v) is 16.4. The number of piperazine rings is 1. The number of H-pyrrole nitrogens is 1. The third kappa shape index (κ3) is 4.11. The van der Waals surface area contributed by atoms with Crippen LogP contribution in [-0.2, 0) is 0 Å². The molecule has 4 rings (SSSR count). The van der Waals surface area contributed by atoms with Gasteiger partial charge in [-0.3, -0.25) is 14.6 Å². The first kappa shape index (κ1) is 19.8. The Balaban J connectivity index is 1.61. The molecule has 0 unspecified atom stereocenters. The molecule has 1 saturated heterocycles. The number of hydrogen-bond donors (Lipinski definition) is 3. The Kier molecular flexibility index (Phi) is 6.06. The highest BCUT2D eigenvalue weighted by Crippen LogP contribution is 2.29.